The highest BCUT2D eigenvalue weighted by atomic mass is 32.2. The second-order valence-electron chi connectivity index (χ2n) is 5.20. The Labute approximate surface area is 122 Å². The lowest BCUT2D eigenvalue weighted by atomic mass is 10.1. The Bertz CT molecular complexity index is 484. The van der Waals surface area contributed by atoms with Gasteiger partial charge in [0, 0.05) is 28.9 Å². The SMILES string of the molecule is O=C(O)c1cccc(CS(=O)CCN2CCCCC2)c1. The lowest BCUT2D eigenvalue weighted by Gasteiger charge is -2.25. The summed E-state index contributed by atoms with van der Waals surface area (Å²) in [6, 6.07) is 6.72. The smallest absolute Gasteiger partial charge is 0.335 e. The molecule has 1 unspecified atom stereocenters. The molecule has 110 valence electrons. The molecule has 1 heterocycles. The summed E-state index contributed by atoms with van der Waals surface area (Å²) in [5, 5.41) is 8.93. The molecule has 0 aliphatic carbocycles. The van der Waals surface area contributed by atoms with Crippen molar-refractivity contribution in [3.8, 4) is 0 Å². The predicted octanol–water partition coefficient (Wildman–Crippen LogP) is 2.12. The van der Waals surface area contributed by atoms with Crippen LogP contribution >= 0.6 is 0 Å². The average molecular weight is 295 g/mol. The average Bonchev–Trinajstić information content (AvgIpc) is 2.46. The van der Waals surface area contributed by atoms with E-state index in [0.717, 1.165) is 25.2 Å². The van der Waals surface area contributed by atoms with Gasteiger partial charge in [0.1, 0.15) is 0 Å². The highest BCUT2D eigenvalue weighted by Gasteiger charge is 2.12. The van der Waals surface area contributed by atoms with E-state index in [0.29, 0.717) is 11.5 Å². The molecule has 0 saturated carbocycles. The Morgan fingerprint density at radius 2 is 2.00 bits per heavy atom. The first-order chi connectivity index (χ1) is 9.65. The minimum atomic E-state index is -0.939. The quantitative estimate of drug-likeness (QED) is 0.873. The maximum atomic E-state index is 12.1. The maximum Gasteiger partial charge on any atom is 0.335 e. The van der Waals surface area contributed by atoms with Crippen LogP contribution in [0.1, 0.15) is 35.2 Å². The zero-order chi connectivity index (χ0) is 14.4. The summed E-state index contributed by atoms with van der Waals surface area (Å²) < 4.78 is 12.1. The van der Waals surface area contributed by atoms with Crippen molar-refractivity contribution in [2.24, 2.45) is 0 Å². The van der Waals surface area contributed by atoms with Crippen molar-refractivity contribution in [1.29, 1.82) is 0 Å². The van der Waals surface area contributed by atoms with Gasteiger partial charge in [-0.25, -0.2) is 4.79 Å². The number of carbonyl (C=O) groups is 1. The van der Waals surface area contributed by atoms with Crippen molar-refractivity contribution >= 4 is 16.8 Å². The van der Waals surface area contributed by atoms with Gasteiger partial charge in [-0.3, -0.25) is 4.21 Å². The molecule has 1 aromatic rings. The number of hydrogen-bond donors (Lipinski definition) is 1. The van der Waals surface area contributed by atoms with Gasteiger partial charge in [0.2, 0.25) is 0 Å². The van der Waals surface area contributed by atoms with E-state index in [2.05, 4.69) is 4.90 Å². The summed E-state index contributed by atoms with van der Waals surface area (Å²) >= 11 is 0. The van der Waals surface area contributed by atoms with Gasteiger partial charge >= 0.3 is 5.97 Å². The molecule has 1 aromatic carbocycles. The molecule has 0 aromatic heterocycles. The van der Waals surface area contributed by atoms with Crippen molar-refractivity contribution in [3.05, 3.63) is 35.4 Å². The van der Waals surface area contributed by atoms with Gasteiger partial charge in [-0.2, -0.15) is 0 Å². The lowest BCUT2D eigenvalue weighted by molar-refractivity contribution is 0.0696. The molecule has 1 atom stereocenters. The maximum absolute atomic E-state index is 12.1. The van der Waals surface area contributed by atoms with Gasteiger partial charge in [-0.05, 0) is 43.6 Å². The van der Waals surface area contributed by atoms with Gasteiger partial charge in [0.05, 0.1) is 5.56 Å². The van der Waals surface area contributed by atoms with E-state index in [9.17, 15) is 9.00 Å². The number of rotatable bonds is 6. The molecule has 2 rings (SSSR count). The molecule has 1 saturated heterocycles. The molecule has 5 heteroatoms. The fourth-order valence-electron chi connectivity index (χ4n) is 2.47. The topological polar surface area (TPSA) is 57.6 Å². The zero-order valence-corrected chi connectivity index (χ0v) is 12.4. The van der Waals surface area contributed by atoms with Crippen LogP contribution in [0.4, 0.5) is 0 Å². The van der Waals surface area contributed by atoms with Crippen LogP contribution in [0, 0.1) is 0 Å². The number of benzene rings is 1. The van der Waals surface area contributed by atoms with Gasteiger partial charge in [-0.1, -0.05) is 18.6 Å². The van der Waals surface area contributed by atoms with Gasteiger partial charge in [0.15, 0.2) is 0 Å². The molecule has 1 fully saturated rings. The summed E-state index contributed by atoms with van der Waals surface area (Å²) in [7, 11) is -0.929. The van der Waals surface area contributed by atoms with E-state index in [1.807, 2.05) is 6.07 Å². The number of nitrogens with zero attached hydrogens (tertiary/aromatic N) is 1. The zero-order valence-electron chi connectivity index (χ0n) is 11.6. The molecular formula is C15H21NO3S. The third-order valence-corrected chi connectivity index (χ3v) is 4.88. The largest absolute Gasteiger partial charge is 0.478 e. The van der Waals surface area contributed by atoms with Crippen LogP contribution in [0.15, 0.2) is 24.3 Å². The summed E-state index contributed by atoms with van der Waals surface area (Å²) in [4.78, 5) is 13.3. The minimum absolute atomic E-state index is 0.260. The van der Waals surface area contributed by atoms with Crippen LogP contribution in [0.2, 0.25) is 0 Å². The standard InChI is InChI=1S/C15H21NO3S/c17-15(18)14-6-4-5-13(11-14)12-20(19)10-9-16-7-2-1-3-8-16/h4-6,11H,1-3,7-10,12H2,(H,17,18). The van der Waals surface area contributed by atoms with E-state index in [1.165, 1.54) is 19.3 Å². The summed E-state index contributed by atoms with van der Waals surface area (Å²) in [5.41, 5.74) is 1.09. The highest BCUT2D eigenvalue weighted by molar-refractivity contribution is 7.84. The Hall–Kier alpha value is -1.20. The number of carboxylic acids is 1. The van der Waals surface area contributed by atoms with Crippen LogP contribution in [0.5, 0.6) is 0 Å². The first-order valence-corrected chi connectivity index (χ1v) is 8.53. The van der Waals surface area contributed by atoms with Gasteiger partial charge < -0.3 is 10.0 Å². The normalized spacial score (nSPS) is 17.8. The fraction of sp³-hybridized carbons (Fsp3) is 0.533. The molecular weight excluding hydrogens is 274 g/mol. The first kappa shape index (κ1) is 15.2. The van der Waals surface area contributed by atoms with E-state index in [-0.39, 0.29) is 5.56 Å². The molecule has 1 aliphatic heterocycles. The number of aromatic carboxylic acids is 1. The Morgan fingerprint density at radius 3 is 2.70 bits per heavy atom. The van der Waals surface area contributed by atoms with Crippen LogP contribution in [0.25, 0.3) is 0 Å². The number of piperidine rings is 1. The first-order valence-electron chi connectivity index (χ1n) is 7.05. The molecule has 0 amide bonds. The Kier molecular flexibility index (Phi) is 5.73. The van der Waals surface area contributed by atoms with E-state index in [1.54, 1.807) is 18.2 Å². The molecule has 1 aliphatic rings. The molecule has 0 spiro atoms. The third-order valence-electron chi connectivity index (χ3n) is 3.59. The molecule has 0 bridgehead atoms. The third kappa shape index (κ3) is 4.72. The van der Waals surface area contributed by atoms with Crippen molar-refractivity contribution < 1.29 is 14.1 Å². The van der Waals surface area contributed by atoms with E-state index < -0.39 is 16.8 Å². The lowest BCUT2D eigenvalue weighted by Crippen LogP contribution is -2.33. The second-order valence-corrected chi connectivity index (χ2v) is 6.77. The monoisotopic (exact) mass is 295 g/mol. The number of carboxylic acid groups (broad SMARTS) is 1. The molecule has 1 N–H and O–H groups in total. The van der Waals surface area contributed by atoms with E-state index in [4.69, 9.17) is 5.11 Å². The Balaban J connectivity index is 1.81. The molecule has 20 heavy (non-hydrogen) atoms. The van der Waals surface area contributed by atoms with Crippen molar-refractivity contribution in [2.45, 2.75) is 25.0 Å². The number of hydrogen-bond acceptors (Lipinski definition) is 3. The molecule has 0 radical (unpaired) electrons. The summed E-state index contributed by atoms with van der Waals surface area (Å²) in [6.45, 7) is 3.11. The second kappa shape index (κ2) is 7.55. The fourth-order valence-corrected chi connectivity index (χ4v) is 3.62. The molecule has 4 nitrogen and oxygen atoms in total. The highest BCUT2D eigenvalue weighted by Crippen LogP contribution is 2.10. The predicted molar refractivity (Wildman–Crippen MR) is 80.4 cm³/mol. The Morgan fingerprint density at radius 1 is 1.25 bits per heavy atom. The van der Waals surface area contributed by atoms with Crippen molar-refractivity contribution in [3.63, 3.8) is 0 Å². The van der Waals surface area contributed by atoms with E-state index >= 15 is 0 Å². The van der Waals surface area contributed by atoms with Crippen LogP contribution in [0.3, 0.4) is 0 Å². The summed E-state index contributed by atoms with van der Waals surface area (Å²) in [5.74, 6) is 0.164. The number of likely N-dealkylation sites (tertiary alicyclic amines) is 1. The van der Waals surface area contributed by atoms with Crippen LogP contribution in [-0.4, -0.2) is 45.6 Å². The van der Waals surface area contributed by atoms with Crippen molar-refractivity contribution in [2.75, 3.05) is 25.4 Å². The minimum Gasteiger partial charge on any atom is -0.478 e. The van der Waals surface area contributed by atoms with Crippen LogP contribution < -0.4 is 0 Å². The van der Waals surface area contributed by atoms with Crippen LogP contribution in [-0.2, 0) is 16.6 Å². The summed E-state index contributed by atoms with van der Waals surface area (Å²) in [6.07, 6.45) is 3.79. The van der Waals surface area contributed by atoms with Gasteiger partial charge in [-0.15, -0.1) is 0 Å². The van der Waals surface area contributed by atoms with Gasteiger partial charge in [0.25, 0.3) is 0 Å². The van der Waals surface area contributed by atoms with Crippen molar-refractivity contribution in [1.82, 2.24) is 4.90 Å².